The number of aliphatic hydroxyl groups is 1. The van der Waals surface area contributed by atoms with Gasteiger partial charge in [-0.1, -0.05) is 65.0 Å². The van der Waals surface area contributed by atoms with Crippen LogP contribution in [0, 0.1) is 0 Å². The SMILES string of the molecule is C[Si](C)(C)C(F)(F)F.O=Cc1ccc(N2CCN(c3ccc(Br)cc3)CC2)nc1.OC(c1ccc(N2CCN(c3ccc(Br)cc3)CC2)nc1)C(F)(F)F.[2H]C.[2H]N. The first-order valence-electron chi connectivity index (χ1n) is 18.6. The van der Waals surface area contributed by atoms with Gasteiger partial charge in [-0.15, -0.1) is 0 Å². The molecule has 1 atom stereocenters. The number of pyridine rings is 2. The molecule has 56 heavy (non-hydrogen) atoms. The highest BCUT2D eigenvalue weighted by atomic mass is 79.9. The second kappa shape index (κ2) is 21.2. The van der Waals surface area contributed by atoms with E-state index in [9.17, 15) is 36.2 Å². The van der Waals surface area contributed by atoms with Crippen molar-refractivity contribution in [3.63, 3.8) is 0 Å². The molecule has 0 saturated carbocycles. The van der Waals surface area contributed by atoms with Crippen molar-refractivity contribution in [1.29, 1.82) is 0 Å². The molecular formula is C38H49Br2F6N7O2Si. The van der Waals surface area contributed by atoms with Crippen molar-refractivity contribution in [2.45, 2.75) is 45.1 Å². The Morgan fingerprint density at radius 1 is 0.696 bits per heavy atom. The molecule has 2 aromatic heterocycles. The first-order chi connectivity index (χ1) is 27.4. The number of aliphatic hydroxyl groups excluding tert-OH is 1. The third-order valence-electron chi connectivity index (χ3n) is 8.74. The number of carbonyl (C=O) groups is 1. The van der Waals surface area contributed by atoms with Crippen LogP contribution < -0.4 is 25.7 Å². The summed E-state index contributed by atoms with van der Waals surface area (Å²) in [7, 11) is -1.61. The Morgan fingerprint density at radius 3 is 1.34 bits per heavy atom. The maximum atomic E-state index is 12.5. The maximum Gasteiger partial charge on any atom is 0.418 e. The zero-order valence-electron chi connectivity index (χ0n) is 33.5. The number of hydrogen-bond donors (Lipinski definition) is 2. The summed E-state index contributed by atoms with van der Waals surface area (Å²) in [6.07, 6.45) is 0.114. The van der Waals surface area contributed by atoms with E-state index in [2.05, 4.69) is 86.9 Å². The summed E-state index contributed by atoms with van der Waals surface area (Å²) in [4.78, 5) is 28.0. The molecule has 4 heterocycles. The Labute approximate surface area is 345 Å². The number of anilines is 4. The molecule has 2 saturated heterocycles. The number of halogens is 8. The molecule has 2 aromatic carbocycles. The highest BCUT2D eigenvalue weighted by Crippen LogP contribution is 2.33. The lowest BCUT2D eigenvalue weighted by molar-refractivity contribution is -0.206. The number of nitrogens with zero attached hydrogens (tertiary/aromatic N) is 6. The van der Waals surface area contributed by atoms with Gasteiger partial charge in [-0.2, -0.15) is 26.3 Å². The Morgan fingerprint density at radius 2 is 1.05 bits per heavy atom. The van der Waals surface area contributed by atoms with E-state index in [0.29, 0.717) is 11.4 Å². The Bertz CT molecular complexity index is 1750. The largest absolute Gasteiger partial charge is 0.418 e. The van der Waals surface area contributed by atoms with Gasteiger partial charge in [-0.3, -0.25) is 4.79 Å². The van der Waals surface area contributed by atoms with Crippen LogP contribution in [-0.2, 0) is 0 Å². The fourth-order valence-corrected chi connectivity index (χ4v) is 5.81. The zero-order chi connectivity index (χ0) is 43.7. The predicted molar refractivity (Wildman–Crippen MR) is 223 cm³/mol. The molecule has 0 spiro atoms. The highest BCUT2D eigenvalue weighted by molar-refractivity contribution is 9.10. The van der Waals surface area contributed by atoms with Crippen molar-refractivity contribution in [3.8, 4) is 0 Å². The molecule has 0 bridgehead atoms. The number of aldehydes is 1. The number of hydrogen-bond acceptors (Lipinski definition) is 9. The van der Waals surface area contributed by atoms with E-state index >= 15 is 0 Å². The molecule has 1 unspecified atom stereocenters. The lowest BCUT2D eigenvalue weighted by Gasteiger charge is -2.36. The molecule has 2 aliphatic heterocycles. The zero-order valence-corrected chi connectivity index (χ0v) is 35.7. The average Bonchev–Trinajstić information content (AvgIpc) is 3.22. The third-order valence-corrected chi connectivity index (χ3v) is 11.5. The monoisotopic (exact) mass is 937 g/mol. The molecule has 0 radical (unpaired) electrons. The topological polar surface area (TPSA) is 111 Å². The average molecular weight is 940 g/mol. The number of alkyl halides is 6. The Kier molecular flexibility index (Phi) is 17.0. The van der Waals surface area contributed by atoms with E-state index in [-0.39, 0.29) is 5.56 Å². The number of rotatable bonds is 6. The second-order valence-corrected chi connectivity index (χ2v) is 20.5. The molecule has 9 nitrogen and oxygen atoms in total. The van der Waals surface area contributed by atoms with Crippen molar-refractivity contribution in [2.75, 3.05) is 72.0 Å². The smallest absolute Gasteiger partial charge is 0.379 e. The quantitative estimate of drug-likeness (QED) is 0.111. The van der Waals surface area contributed by atoms with E-state index in [1.54, 1.807) is 6.20 Å². The Balaban J connectivity index is 0.000000318. The first-order valence-corrected chi connectivity index (χ1v) is 22.1. The van der Waals surface area contributed by atoms with Crippen LogP contribution in [0.5, 0.6) is 0 Å². The summed E-state index contributed by atoms with van der Waals surface area (Å²) in [5.74, 6) is -2.36. The minimum Gasteiger partial charge on any atom is -0.379 e. The molecule has 308 valence electrons. The van der Waals surface area contributed by atoms with Crippen LogP contribution >= 0.6 is 31.9 Å². The molecule has 4 aromatic rings. The number of benzene rings is 2. The van der Waals surface area contributed by atoms with Gasteiger partial charge in [0.1, 0.15) is 13.0 Å². The van der Waals surface area contributed by atoms with Crippen molar-refractivity contribution < 1.29 is 39.0 Å². The van der Waals surface area contributed by atoms with Gasteiger partial charge in [0.25, 0.3) is 0 Å². The lowest BCUT2D eigenvalue weighted by atomic mass is 10.1. The summed E-state index contributed by atoms with van der Waals surface area (Å²) in [6.45, 7) is 10.7. The van der Waals surface area contributed by atoms with Crippen LogP contribution in [0.15, 0.2) is 94.1 Å². The summed E-state index contributed by atoms with van der Waals surface area (Å²) < 4.78 is 85.6. The number of carbonyl (C=O) groups excluding carboxylic acids is 1. The maximum absolute atomic E-state index is 12.5. The van der Waals surface area contributed by atoms with Gasteiger partial charge in [-0.05, 0) is 66.7 Å². The van der Waals surface area contributed by atoms with Crippen LogP contribution in [0.4, 0.5) is 49.4 Å². The van der Waals surface area contributed by atoms with E-state index in [1.165, 1.54) is 44.9 Å². The molecule has 0 aliphatic carbocycles. The fourth-order valence-electron chi connectivity index (χ4n) is 5.28. The van der Waals surface area contributed by atoms with Gasteiger partial charge in [0, 0.05) is 97.6 Å². The predicted octanol–water partition coefficient (Wildman–Crippen LogP) is 9.97. The fraction of sp³-hybridized carbons (Fsp3) is 0.395. The van der Waals surface area contributed by atoms with E-state index in [4.69, 9.17) is 2.78 Å². The van der Waals surface area contributed by atoms with Crippen molar-refractivity contribution >= 4 is 69.2 Å². The van der Waals surface area contributed by atoms with Crippen LogP contribution in [0.1, 0.15) is 30.8 Å². The van der Waals surface area contributed by atoms with E-state index in [1.807, 2.05) is 41.3 Å². The molecular weight excluding hydrogens is 888 g/mol. The molecule has 0 amide bonds. The summed E-state index contributed by atoms with van der Waals surface area (Å²) in [5.41, 5.74) is 2.76. The van der Waals surface area contributed by atoms with Crippen molar-refractivity contribution in [1.82, 2.24) is 16.1 Å². The number of aromatic nitrogens is 2. The Hall–Kier alpha value is -3.71. The van der Waals surface area contributed by atoms with Crippen LogP contribution in [-0.4, -0.2) is 93.8 Å². The van der Waals surface area contributed by atoms with Gasteiger partial charge in [0.05, 0.1) is 0 Å². The number of piperazine rings is 2. The molecule has 2 aliphatic rings. The van der Waals surface area contributed by atoms with Crippen LogP contribution in [0.3, 0.4) is 0 Å². The van der Waals surface area contributed by atoms with Gasteiger partial charge in [0.2, 0.25) is 0 Å². The molecule has 4 N–H and O–H groups in total. The van der Waals surface area contributed by atoms with Gasteiger partial charge >= 0.3 is 12.0 Å². The van der Waals surface area contributed by atoms with Crippen LogP contribution in [0.25, 0.3) is 0 Å². The minimum atomic E-state index is -4.68. The minimum absolute atomic E-state index is 0.246. The van der Waals surface area contributed by atoms with Crippen molar-refractivity contribution in [2.24, 2.45) is 0 Å². The molecule has 2 fully saturated rings. The van der Waals surface area contributed by atoms with E-state index < -0.39 is 26.2 Å². The van der Waals surface area contributed by atoms with Crippen LogP contribution in [0.2, 0.25) is 21.1 Å². The first kappa shape index (κ1) is 45.0. The summed E-state index contributed by atoms with van der Waals surface area (Å²) in [6, 6.07) is 23.0. The standard InChI is InChI=1S/C17H17BrF3N3O.C16H16BrN3O.C4H9F3Si.CH4.H3N/c18-13-2-4-14(5-3-13)23-7-9-24(10-8-23)15-6-1-12(11-22-15)16(25)17(19,20)21;17-14-2-4-15(5-3-14)19-7-9-20(10-8-19)16-6-1-13(12-21)11-18-16;1-8(2,3)4(5,6)7;;/h1-6,11,16,25H,7-10H2;1-6,11-12H,7-10H2;1-3H3;1H4;1H3/i;;;1D;/hD. The second-order valence-electron chi connectivity index (χ2n) is 13.6. The van der Waals surface area contributed by atoms with Crippen molar-refractivity contribution in [3.05, 3.63) is 105 Å². The summed E-state index contributed by atoms with van der Waals surface area (Å²) >= 11 is 6.88. The third kappa shape index (κ3) is 14.0. The lowest BCUT2D eigenvalue weighted by Crippen LogP contribution is -2.46. The highest BCUT2D eigenvalue weighted by Gasteiger charge is 2.45. The van der Waals surface area contributed by atoms with Gasteiger partial charge in [0.15, 0.2) is 20.5 Å². The normalized spacial score (nSPS) is 15.5. The molecule has 6 rings (SSSR count). The van der Waals surface area contributed by atoms with E-state index in [0.717, 1.165) is 85.3 Å². The summed E-state index contributed by atoms with van der Waals surface area (Å²) in [5, 5.41) is 9.25. The van der Waals surface area contributed by atoms with Gasteiger partial charge < -0.3 is 30.8 Å². The van der Waals surface area contributed by atoms with Gasteiger partial charge in [-0.25, -0.2) is 9.97 Å². The molecule has 18 heteroatoms.